The number of carbonyl (C=O) groups is 1. The second-order valence-corrected chi connectivity index (χ2v) is 3.34. The van der Waals surface area contributed by atoms with E-state index in [2.05, 4.69) is 4.74 Å². The summed E-state index contributed by atoms with van der Waals surface area (Å²) in [6.07, 6.45) is -1.05. The Labute approximate surface area is 88.1 Å². The summed E-state index contributed by atoms with van der Waals surface area (Å²) in [5.74, 6) is -0.376. The highest BCUT2D eigenvalue weighted by molar-refractivity contribution is 5.70. The predicted octanol–water partition coefficient (Wildman–Crippen LogP) is 1.30. The number of methoxy groups -OCH3 is 1. The topological polar surface area (TPSA) is 66.8 Å². The number of phenolic OH excluding ortho intramolecular Hbond substituents is 1. The smallest absolute Gasteiger partial charge is 0.308 e. The second kappa shape index (κ2) is 4.79. The maximum Gasteiger partial charge on any atom is 0.308 e. The molecular formula is C11H14O4. The van der Waals surface area contributed by atoms with E-state index in [1.807, 2.05) is 0 Å². The molecule has 2 N–H and O–H groups in total. The van der Waals surface area contributed by atoms with E-state index in [0.29, 0.717) is 5.56 Å². The lowest BCUT2D eigenvalue weighted by Gasteiger charge is -2.10. The van der Waals surface area contributed by atoms with Crippen LogP contribution in [0, 0.1) is 6.92 Å². The van der Waals surface area contributed by atoms with Crippen molar-refractivity contribution in [2.75, 3.05) is 7.11 Å². The van der Waals surface area contributed by atoms with Gasteiger partial charge < -0.3 is 14.9 Å². The fraction of sp³-hybridized carbons (Fsp3) is 0.364. The molecule has 82 valence electrons. The lowest BCUT2D eigenvalue weighted by Crippen LogP contribution is -2.07. The van der Waals surface area contributed by atoms with Crippen LogP contribution < -0.4 is 0 Å². The summed E-state index contributed by atoms with van der Waals surface area (Å²) in [7, 11) is 1.27. The Hall–Kier alpha value is -1.55. The molecule has 0 aliphatic rings. The van der Waals surface area contributed by atoms with Crippen molar-refractivity contribution in [1.29, 1.82) is 0 Å². The number of aliphatic hydroxyl groups excluding tert-OH is 1. The van der Waals surface area contributed by atoms with Crippen molar-refractivity contribution in [1.82, 2.24) is 0 Å². The molecule has 1 unspecified atom stereocenters. The van der Waals surface area contributed by atoms with Gasteiger partial charge in [0, 0.05) is 0 Å². The average molecular weight is 210 g/mol. The van der Waals surface area contributed by atoms with Crippen LogP contribution in [0.5, 0.6) is 5.75 Å². The maximum absolute atomic E-state index is 10.9. The number of hydrogen-bond acceptors (Lipinski definition) is 4. The van der Waals surface area contributed by atoms with E-state index >= 15 is 0 Å². The van der Waals surface area contributed by atoms with Crippen molar-refractivity contribution in [3.63, 3.8) is 0 Å². The number of ether oxygens (including phenoxy) is 1. The fourth-order valence-electron chi connectivity index (χ4n) is 1.19. The molecule has 1 aromatic carbocycles. The van der Waals surface area contributed by atoms with Crippen molar-refractivity contribution in [3.05, 3.63) is 29.3 Å². The summed E-state index contributed by atoms with van der Waals surface area (Å²) in [5.41, 5.74) is 1.23. The van der Waals surface area contributed by atoms with Crippen LogP contribution in [-0.4, -0.2) is 23.3 Å². The summed E-state index contributed by atoms with van der Waals surface area (Å²) in [6.45, 7) is 1.76. The summed E-state index contributed by atoms with van der Waals surface area (Å²) in [6, 6.07) is 4.80. The number of aryl methyl sites for hydroxylation is 1. The predicted molar refractivity (Wildman–Crippen MR) is 54.4 cm³/mol. The summed E-state index contributed by atoms with van der Waals surface area (Å²) in [5, 5.41) is 19.0. The Morgan fingerprint density at radius 2 is 2.20 bits per heavy atom. The molecule has 0 fully saturated rings. The quantitative estimate of drug-likeness (QED) is 0.738. The van der Waals surface area contributed by atoms with Crippen LogP contribution in [0.4, 0.5) is 0 Å². The molecule has 0 radical (unpaired) electrons. The van der Waals surface area contributed by atoms with Gasteiger partial charge in [0.15, 0.2) is 0 Å². The van der Waals surface area contributed by atoms with Crippen LogP contribution in [0.3, 0.4) is 0 Å². The molecule has 4 nitrogen and oxygen atoms in total. The van der Waals surface area contributed by atoms with Gasteiger partial charge in [-0.1, -0.05) is 12.1 Å². The van der Waals surface area contributed by atoms with Gasteiger partial charge in [0.2, 0.25) is 0 Å². The molecular weight excluding hydrogens is 196 g/mol. The third kappa shape index (κ3) is 2.95. The monoisotopic (exact) mass is 210 g/mol. The number of rotatable bonds is 3. The zero-order valence-corrected chi connectivity index (χ0v) is 8.73. The van der Waals surface area contributed by atoms with Gasteiger partial charge in [-0.25, -0.2) is 0 Å². The molecule has 0 spiro atoms. The molecule has 15 heavy (non-hydrogen) atoms. The summed E-state index contributed by atoms with van der Waals surface area (Å²) < 4.78 is 4.43. The van der Waals surface area contributed by atoms with Crippen molar-refractivity contribution in [3.8, 4) is 5.75 Å². The number of aliphatic hydroxyl groups is 1. The van der Waals surface area contributed by atoms with Crippen molar-refractivity contribution in [2.45, 2.75) is 19.4 Å². The minimum Gasteiger partial charge on any atom is -0.508 e. The lowest BCUT2D eigenvalue weighted by molar-refractivity contribution is -0.142. The molecule has 0 bridgehead atoms. The fourth-order valence-corrected chi connectivity index (χ4v) is 1.19. The Balaban J connectivity index is 2.78. The molecule has 1 atom stereocenters. The summed E-state index contributed by atoms with van der Waals surface area (Å²) in [4.78, 5) is 10.9. The van der Waals surface area contributed by atoms with E-state index in [-0.39, 0.29) is 12.2 Å². The largest absolute Gasteiger partial charge is 0.508 e. The Morgan fingerprint density at radius 1 is 1.53 bits per heavy atom. The number of hydrogen-bond donors (Lipinski definition) is 2. The lowest BCUT2D eigenvalue weighted by atomic mass is 10.0. The number of aromatic hydroxyl groups is 1. The molecule has 0 aliphatic heterocycles. The third-order valence-electron chi connectivity index (χ3n) is 2.21. The van der Waals surface area contributed by atoms with Gasteiger partial charge in [-0.2, -0.15) is 0 Å². The van der Waals surface area contributed by atoms with Gasteiger partial charge in [0.25, 0.3) is 0 Å². The van der Waals surface area contributed by atoms with Crippen molar-refractivity contribution < 1.29 is 19.7 Å². The minimum atomic E-state index is -0.941. The molecule has 1 rings (SSSR count). The van der Waals surface area contributed by atoms with E-state index in [1.54, 1.807) is 19.1 Å². The van der Waals surface area contributed by atoms with Crippen LogP contribution >= 0.6 is 0 Å². The van der Waals surface area contributed by atoms with Gasteiger partial charge in [-0.15, -0.1) is 0 Å². The highest BCUT2D eigenvalue weighted by atomic mass is 16.5. The Bertz CT molecular complexity index is 360. The SMILES string of the molecule is COC(=O)CC(O)c1ccc(C)c(O)c1. The zero-order valence-electron chi connectivity index (χ0n) is 8.73. The average Bonchev–Trinajstić information content (AvgIpc) is 2.21. The minimum absolute atomic E-state index is 0.108. The molecule has 0 saturated carbocycles. The molecule has 0 amide bonds. The van der Waals surface area contributed by atoms with E-state index in [0.717, 1.165) is 5.56 Å². The number of phenols is 1. The first kappa shape index (κ1) is 11.5. The Kier molecular flexibility index (Phi) is 3.68. The van der Waals surface area contributed by atoms with E-state index in [1.165, 1.54) is 13.2 Å². The standard InChI is InChI=1S/C11H14O4/c1-7-3-4-8(5-9(7)12)10(13)6-11(14)15-2/h3-5,10,12-13H,6H2,1-2H3. The maximum atomic E-state index is 10.9. The van der Waals surface area contributed by atoms with Crippen LogP contribution in [0.15, 0.2) is 18.2 Å². The number of benzene rings is 1. The molecule has 1 aromatic rings. The van der Waals surface area contributed by atoms with Gasteiger partial charge in [-0.05, 0) is 24.1 Å². The van der Waals surface area contributed by atoms with E-state index < -0.39 is 12.1 Å². The van der Waals surface area contributed by atoms with Gasteiger partial charge in [-0.3, -0.25) is 4.79 Å². The molecule has 0 heterocycles. The van der Waals surface area contributed by atoms with Crippen LogP contribution in [0.2, 0.25) is 0 Å². The first-order valence-corrected chi connectivity index (χ1v) is 4.59. The number of carbonyl (C=O) groups excluding carboxylic acids is 1. The molecule has 0 aliphatic carbocycles. The van der Waals surface area contributed by atoms with Crippen molar-refractivity contribution in [2.24, 2.45) is 0 Å². The van der Waals surface area contributed by atoms with Crippen LogP contribution in [0.1, 0.15) is 23.7 Å². The van der Waals surface area contributed by atoms with Crippen molar-refractivity contribution >= 4 is 5.97 Å². The van der Waals surface area contributed by atoms with Gasteiger partial charge in [0.05, 0.1) is 19.6 Å². The van der Waals surface area contributed by atoms with E-state index in [4.69, 9.17) is 0 Å². The highest BCUT2D eigenvalue weighted by Gasteiger charge is 2.14. The normalized spacial score (nSPS) is 12.2. The van der Waals surface area contributed by atoms with Crippen LogP contribution in [-0.2, 0) is 9.53 Å². The molecule has 0 aromatic heterocycles. The zero-order chi connectivity index (χ0) is 11.4. The van der Waals surface area contributed by atoms with E-state index in [9.17, 15) is 15.0 Å². The second-order valence-electron chi connectivity index (χ2n) is 3.34. The van der Waals surface area contributed by atoms with Crippen LogP contribution in [0.25, 0.3) is 0 Å². The molecule has 0 saturated heterocycles. The summed E-state index contributed by atoms with van der Waals surface area (Å²) >= 11 is 0. The first-order valence-electron chi connectivity index (χ1n) is 4.59. The van der Waals surface area contributed by atoms with Gasteiger partial charge >= 0.3 is 5.97 Å². The third-order valence-corrected chi connectivity index (χ3v) is 2.21. The highest BCUT2D eigenvalue weighted by Crippen LogP contribution is 2.23. The first-order chi connectivity index (χ1) is 7.04. The molecule has 4 heteroatoms. The van der Waals surface area contributed by atoms with Gasteiger partial charge in [0.1, 0.15) is 5.75 Å². The Morgan fingerprint density at radius 3 is 2.73 bits per heavy atom. The number of esters is 1.